The SMILES string of the molecule is O=C(C=Cc1ccccc1)NC(=S)NNC(=O)c1ccccc1[N+](=O)[O-]. The van der Waals surface area contributed by atoms with Crippen LogP contribution in [0.3, 0.4) is 0 Å². The van der Waals surface area contributed by atoms with Crippen molar-refractivity contribution in [2.75, 3.05) is 0 Å². The monoisotopic (exact) mass is 370 g/mol. The molecule has 0 aromatic heterocycles. The maximum absolute atomic E-state index is 12.0. The van der Waals surface area contributed by atoms with Gasteiger partial charge in [0.1, 0.15) is 5.56 Å². The lowest BCUT2D eigenvalue weighted by atomic mass is 10.2. The molecule has 0 saturated carbocycles. The van der Waals surface area contributed by atoms with Crippen LogP contribution in [0.25, 0.3) is 6.08 Å². The van der Waals surface area contributed by atoms with Crippen molar-refractivity contribution in [1.29, 1.82) is 0 Å². The zero-order valence-corrected chi connectivity index (χ0v) is 14.2. The van der Waals surface area contributed by atoms with E-state index in [1.807, 2.05) is 30.3 Å². The number of carbonyl (C=O) groups is 2. The number of hydrazine groups is 1. The van der Waals surface area contributed by atoms with Crippen molar-refractivity contribution in [3.8, 4) is 0 Å². The van der Waals surface area contributed by atoms with Gasteiger partial charge in [-0.15, -0.1) is 0 Å². The van der Waals surface area contributed by atoms with Gasteiger partial charge in [0.2, 0.25) is 5.91 Å². The van der Waals surface area contributed by atoms with Gasteiger partial charge in [-0.2, -0.15) is 0 Å². The molecule has 132 valence electrons. The smallest absolute Gasteiger partial charge is 0.282 e. The van der Waals surface area contributed by atoms with Crippen LogP contribution in [0.5, 0.6) is 0 Å². The lowest BCUT2D eigenvalue weighted by molar-refractivity contribution is -0.385. The van der Waals surface area contributed by atoms with Crippen LogP contribution < -0.4 is 16.2 Å². The van der Waals surface area contributed by atoms with E-state index < -0.39 is 16.7 Å². The molecule has 2 aromatic rings. The largest absolute Gasteiger partial charge is 0.298 e. The molecular formula is C17H14N4O4S. The number of hydrogen-bond donors (Lipinski definition) is 3. The molecule has 0 spiro atoms. The van der Waals surface area contributed by atoms with Crippen LogP contribution in [0.2, 0.25) is 0 Å². The van der Waals surface area contributed by atoms with Gasteiger partial charge in [0.25, 0.3) is 11.6 Å². The highest BCUT2D eigenvalue weighted by Crippen LogP contribution is 2.16. The van der Waals surface area contributed by atoms with Crippen molar-refractivity contribution in [2.45, 2.75) is 0 Å². The Morgan fingerprint density at radius 3 is 2.35 bits per heavy atom. The summed E-state index contributed by atoms with van der Waals surface area (Å²) < 4.78 is 0. The summed E-state index contributed by atoms with van der Waals surface area (Å²) in [6.07, 6.45) is 2.89. The minimum absolute atomic E-state index is 0.136. The average molecular weight is 370 g/mol. The molecule has 26 heavy (non-hydrogen) atoms. The topological polar surface area (TPSA) is 113 Å². The highest BCUT2D eigenvalue weighted by Gasteiger charge is 2.19. The first-order valence-corrected chi connectivity index (χ1v) is 7.76. The second-order valence-electron chi connectivity index (χ2n) is 4.92. The first-order chi connectivity index (χ1) is 12.5. The predicted molar refractivity (Wildman–Crippen MR) is 99.9 cm³/mol. The zero-order chi connectivity index (χ0) is 18.9. The van der Waals surface area contributed by atoms with Gasteiger partial charge in [-0.3, -0.25) is 35.9 Å². The minimum atomic E-state index is -0.756. The highest BCUT2D eigenvalue weighted by atomic mass is 32.1. The Labute approximate surface area is 154 Å². The van der Waals surface area contributed by atoms with E-state index in [9.17, 15) is 19.7 Å². The van der Waals surface area contributed by atoms with E-state index >= 15 is 0 Å². The molecule has 0 fully saturated rings. The summed E-state index contributed by atoms with van der Waals surface area (Å²) in [6.45, 7) is 0. The molecular weight excluding hydrogens is 356 g/mol. The highest BCUT2D eigenvalue weighted by molar-refractivity contribution is 7.80. The quantitative estimate of drug-likeness (QED) is 0.328. The van der Waals surface area contributed by atoms with Crippen LogP contribution in [0, 0.1) is 10.1 Å². The molecule has 0 radical (unpaired) electrons. The number of nitrogens with zero attached hydrogens (tertiary/aromatic N) is 1. The maximum Gasteiger partial charge on any atom is 0.282 e. The molecule has 0 saturated heterocycles. The van der Waals surface area contributed by atoms with Crippen molar-refractivity contribution >= 4 is 40.9 Å². The fourth-order valence-electron chi connectivity index (χ4n) is 1.93. The van der Waals surface area contributed by atoms with Crippen LogP contribution in [0.15, 0.2) is 60.7 Å². The predicted octanol–water partition coefficient (Wildman–Crippen LogP) is 1.94. The normalized spacial score (nSPS) is 10.2. The second-order valence-corrected chi connectivity index (χ2v) is 5.32. The molecule has 0 heterocycles. The van der Waals surface area contributed by atoms with Crippen molar-refractivity contribution in [1.82, 2.24) is 16.2 Å². The van der Waals surface area contributed by atoms with Crippen LogP contribution >= 0.6 is 12.2 Å². The van der Waals surface area contributed by atoms with E-state index in [0.717, 1.165) is 5.56 Å². The molecule has 0 atom stereocenters. The number of benzene rings is 2. The standard InChI is InChI=1S/C17H14N4O4S/c22-15(11-10-12-6-2-1-3-7-12)18-17(26)20-19-16(23)13-8-4-5-9-14(13)21(24)25/h1-11H,(H,19,23)(H2,18,20,22,26). The van der Waals surface area contributed by atoms with Crippen molar-refractivity contribution in [3.05, 3.63) is 81.9 Å². The number of nitrogens with one attached hydrogen (secondary N) is 3. The Balaban J connectivity index is 1.87. The van der Waals surface area contributed by atoms with Gasteiger partial charge >= 0.3 is 0 Å². The molecule has 0 unspecified atom stereocenters. The minimum Gasteiger partial charge on any atom is -0.298 e. The van der Waals surface area contributed by atoms with Crippen LogP contribution in [-0.2, 0) is 4.79 Å². The Bertz CT molecular complexity index is 868. The molecule has 2 rings (SSSR count). The maximum atomic E-state index is 12.0. The van der Waals surface area contributed by atoms with Gasteiger partial charge in [0.05, 0.1) is 4.92 Å². The van der Waals surface area contributed by atoms with E-state index in [4.69, 9.17) is 12.2 Å². The average Bonchev–Trinajstić information content (AvgIpc) is 2.65. The third kappa shape index (κ3) is 5.49. The molecule has 9 heteroatoms. The van der Waals surface area contributed by atoms with Gasteiger partial charge in [-0.05, 0) is 29.9 Å². The fourth-order valence-corrected chi connectivity index (χ4v) is 2.08. The Morgan fingerprint density at radius 1 is 1.00 bits per heavy atom. The summed E-state index contributed by atoms with van der Waals surface area (Å²) in [7, 11) is 0. The number of nitro benzene ring substituents is 1. The number of amides is 2. The van der Waals surface area contributed by atoms with Gasteiger partial charge in [0.15, 0.2) is 5.11 Å². The van der Waals surface area contributed by atoms with E-state index in [1.165, 1.54) is 30.3 Å². The Kier molecular flexibility index (Phi) is 6.52. The summed E-state index contributed by atoms with van der Waals surface area (Å²) >= 11 is 4.89. The molecule has 0 aliphatic rings. The molecule has 0 aliphatic heterocycles. The third-order valence-electron chi connectivity index (χ3n) is 3.10. The first kappa shape index (κ1) is 18.7. The van der Waals surface area contributed by atoms with Crippen LogP contribution in [-0.4, -0.2) is 21.9 Å². The Morgan fingerprint density at radius 2 is 1.65 bits per heavy atom. The van der Waals surface area contributed by atoms with Crippen LogP contribution in [0.4, 0.5) is 5.69 Å². The number of thiocarbonyl (C=S) groups is 1. The van der Waals surface area contributed by atoms with Crippen LogP contribution in [0.1, 0.15) is 15.9 Å². The van der Waals surface area contributed by atoms with Gasteiger partial charge < -0.3 is 0 Å². The number of para-hydroxylation sites is 1. The van der Waals surface area contributed by atoms with Crippen molar-refractivity contribution in [3.63, 3.8) is 0 Å². The lowest BCUT2D eigenvalue weighted by Gasteiger charge is -2.09. The van der Waals surface area contributed by atoms with Crippen molar-refractivity contribution < 1.29 is 14.5 Å². The number of nitro groups is 1. The summed E-state index contributed by atoms with van der Waals surface area (Å²) in [5, 5.41) is 13.1. The summed E-state index contributed by atoms with van der Waals surface area (Å²) in [5.41, 5.74) is 4.88. The number of carbonyl (C=O) groups excluding carboxylic acids is 2. The molecule has 2 amide bonds. The molecule has 0 bridgehead atoms. The van der Waals surface area contributed by atoms with E-state index in [2.05, 4.69) is 16.2 Å². The molecule has 8 nitrogen and oxygen atoms in total. The van der Waals surface area contributed by atoms with Gasteiger partial charge in [-0.1, -0.05) is 42.5 Å². The zero-order valence-electron chi connectivity index (χ0n) is 13.3. The molecule has 3 N–H and O–H groups in total. The van der Waals surface area contributed by atoms with E-state index in [-0.39, 0.29) is 16.4 Å². The van der Waals surface area contributed by atoms with E-state index in [1.54, 1.807) is 6.08 Å². The summed E-state index contributed by atoms with van der Waals surface area (Å²) in [5.74, 6) is -1.25. The van der Waals surface area contributed by atoms with Gasteiger partial charge in [-0.25, -0.2) is 0 Å². The Hall–Kier alpha value is -3.59. The van der Waals surface area contributed by atoms with Crippen molar-refractivity contribution in [2.24, 2.45) is 0 Å². The summed E-state index contributed by atoms with van der Waals surface area (Å²) in [6, 6.07) is 14.6. The van der Waals surface area contributed by atoms with E-state index in [0.29, 0.717) is 0 Å². The van der Waals surface area contributed by atoms with Gasteiger partial charge in [0, 0.05) is 12.1 Å². The lowest BCUT2D eigenvalue weighted by Crippen LogP contribution is -2.48. The number of rotatable bonds is 4. The summed E-state index contributed by atoms with van der Waals surface area (Å²) in [4.78, 5) is 34.0. The second kappa shape index (κ2) is 9.04. The molecule has 2 aromatic carbocycles. The number of hydrogen-bond acceptors (Lipinski definition) is 5. The fraction of sp³-hybridized carbons (Fsp3) is 0. The first-order valence-electron chi connectivity index (χ1n) is 7.35. The third-order valence-corrected chi connectivity index (χ3v) is 3.30. The molecule has 0 aliphatic carbocycles.